The molecule has 0 saturated carbocycles. The van der Waals surface area contributed by atoms with E-state index in [0.717, 1.165) is 0 Å². The van der Waals surface area contributed by atoms with Crippen LogP contribution in [0, 0.1) is 6.92 Å². The van der Waals surface area contributed by atoms with E-state index in [9.17, 15) is 0 Å². The van der Waals surface area contributed by atoms with Crippen LogP contribution in [0.25, 0.3) is 0 Å². The summed E-state index contributed by atoms with van der Waals surface area (Å²) < 4.78 is 0. The van der Waals surface area contributed by atoms with Gasteiger partial charge in [-0.05, 0) is 50.3 Å². The number of rotatable bonds is 3. The molecule has 1 N–H and O–H groups in total. The lowest BCUT2D eigenvalue weighted by molar-refractivity contribution is 0.243. The number of hydrogen-bond donors (Lipinski definition) is 1. The maximum absolute atomic E-state index is 3.76. The monoisotopic (exact) mass is 217 g/mol. The van der Waals surface area contributed by atoms with Crippen molar-refractivity contribution in [1.29, 1.82) is 0 Å². The van der Waals surface area contributed by atoms with Gasteiger partial charge in [-0.25, -0.2) is 0 Å². The fourth-order valence-corrected chi connectivity index (χ4v) is 2.78. The van der Waals surface area contributed by atoms with E-state index in [0.29, 0.717) is 5.54 Å². The summed E-state index contributed by atoms with van der Waals surface area (Å²) in [5.74, 6) is 0. The third-order valence-corrected chi connectivity index (χ3v) is 4.05. The SMILES string of the molecule is CCC1(Cc2ccccc2C)CCCCN1. The maximum atomic E-state index is 3.76. The molecule has 0 spiro atoms. The van der Waals surface area contributed by atoms with Gasteiger partial charge in [0.15, 0.2) is 0 Å². The highest BCUT2D eigenvalue weighted by molar-refractivity contribution is 5.27. The molecule has 1 aromatic rings. The van der Waals surface area contributed by atoms with Crippen molar-refractivity contribution in [3.63, 3.8) is 0 Å². The summed E-state index contributed by atoms with van der Waals surface area (Å²) in [6.07, 6.45) is 6.48. The van der Waals surface area contributed by atoms with E-state index in [2.05, 4.69) is 43.4 Å². The highest BCUT2D eigenvalue weighted by Gasteiger charge is 2.29. The molecule has 0 bridgehead atoms. The standard InChI is InChI=1S/C15H23N/c1-3-15(10-6-7-11-16-15)12-14-9-5-4-8-13(14)2/h4-5,8-9,16H,3,6-7,10-12H2,1-2H3. The molecular formula is C15H23N. The summed E-state index contributed by atoms with van der Waals surface area (Å²) in [5, 5.41) is 3.76. The van der Waals surface area contributed by atoms with Crippen LogP contribution in [-0.4, -0.2) is 12.1 Å². The van der Waals surface area contributed by atoms with Crippen molar-refractivity contribution < 1.29 is 0 Å². The van der Waals surface area contributed by atoms with Gasteiger partial charge < -0.3 is 5.32 Å². The van der Waals surface area contributed by atoms with Crippen LogP contribution in [0.1, 0.15) is 43.7 Å². The van der Waals surface area contributed by atoms with Crippen LogP contribution in [0.2, 0.25) is 0 Å². The van der Waals surface area contributed by atoms with Gasteiger partial charge in [-0.2, -0.15) is 0 Å². The number of hydrogen-bond acceptors (Lipinski definition) is 1. The van der Waals surface area contributed by atoms with Crippen molar-refractivity contribution in [2.75, 3.05) is 6.54 Å². The molecule has 1 nitrogen and oxygen atoms in total. The minimum atomic E-state index is 0.365. The zero-order valence-electron chi connectivity index (χ0n) is 10.6. The normalized spacial score (nSPS) is 25.6. The molecule has 2 rings (SSSR count). The quantitative estimate of drug-likeness (QED) is 0.817. The summed E-state index contributed by atoms with van der Waals surface area (Å²) in [6, 6.07) is 8.80. The molecule has 1 fully saturated rings. The van der Waals surface area contributed by atoms with Crippen molar-refractivity contribution in [2.24, 2.45) is 0 Å². The molecule has 16 heavy (non-hydrogen) atoms. The zero-order chi connectivity index (χ0) is 11.4. The Labute approximate surface area is 99.3 Å². The largest absolute Gasteiger partial charge is 0.311 e. The Balaban J connectivity index is 2.15. The maximum Gasteiger partial charge on any atom is 0.0219 e. The highest BCUT2D eigenvalue weighted by atomic mass is 15.0. The molecule has 1 saturated heterocycles. The van der Waals surface area contributed by atoms with Gasteiger partial charge in [-0.15, -0.1) is 0 Å². The molecule has 1 aliphatic heterocycles. The predicted octanol–water partition coefficient (Wildman–Crippen LogP) is 3.46. The minimum Gasteiger partial charge on any atom is -0.311 e. The molecule has 88 valence electrons. The number of benzene rings is 1. The third kappa shape index (κ3) is 2.46. The molecule has 1 heterocycles. The predicted molar refractivity (Wildman–Crippen MR) is 69.8 cm³/mol. The van der Waals surface area contributed by atoms with Crippen LogP contribution in [-0.2, 0) is 6.42 Å². The minimum absolute atomic E-state index is 0.365. The molecule has 1 heteroatoms. The van der Waals surface area contributed by atoms with Crippen molar-refractivity contribution in [3.8, 4) is 0 Å². The first-order chi connectivity index (χ1) is 7.76. The van der Waals surface area contributed by atoms with Crippen molar-refractivity contribution >= 4 is 0 Å². The lowest BCUT2D eigenvalue weighted by atomic mass is 9.80. The van der Waals surface area contributed by atoms with E-state index >= 15 is 0 Å². The number of aryl methyl sites for hydroxylation is 1. The van der Waals surface area contributed by atoms with E-state index in [1.165, 1.54) is 49.8 Å². The molecule has 1 aliphatic rings. The van der Waals surface area contributed by atoms with Gasteiger partial charge in [-0.3, -0.25) is 0 Å². The molecule has 1 unspecified atom stereocenters. The Hall–Kier alpha value is -0.820. The summed E-state index contributed by atoms with van der Waals surface area (Å²) >= 11 is 0. The summed E-state index contributed by atoms with van der Waals surface area (Å²) in [4.78, 5) is 0. The van der Waals surface area contributed by atoms with Crippen molar-refractivity contribution in [3.05, 3.63) is 35.4 Å². The Morgan fingerprint density at radius 3 is 2.69 bits per heavy atom. The van der Waals surface area contributed by atoms with Gasteiger partial charge in [0.25, 0.3) is 0 Å². The van der Waals surface area contributed by atoms with Gasteiger partial charge in [0, 0.05) is 5.54 Å². The van der Waals surface area contributed by atoms with E-state index in [4.69, 9.17) is 0 Å². The molecule has 0 aliphatic carbocycles. The van der Waals surface area contributed by atoms with Crippen molar-refractivity contribution in [2.45, 2.75) is 51.5 Å². The Bertz CT molecular complexity index is 337. The van der Waals surface area contributed by atoms with Gasteiger partial charge >= 0.3 is 0 Å². The second-order valence-electron chi connectivity index (χ2n) is 5.12. The Kier molecular flexibility index (Phi) is 3.65. The molecule has 1 atom stereocenters. The Morgan fingerprint density at radius 1 is 1.25 bits per heavy atom. The lowest BCUT2D eigenvalue weighted by Crippen LogP contribution is -2.49. The third-order valence-electron chi connectivity index (χ3n) is 4.05. The van der Waals surface area contributed by atoms with Gasteiger partial charge in [0.05, 0.1) is 0 Å². The lowest BCUT2D eigenvalue weighted by Gasteiger charge is -2.38. The summed E-state index contributed by atoms with van der Waals surface area (Å²) in [7, 11) is 0. The zero-order valence-corrected chi connectivity index (χ0v) is 10.6. The highest BCUT2D eigenvalue weighted by Crippen LogP contribution is 2.27. The van der Waals surface area contributed by atoms with Crippen LogP contribution in [0.15, 0.2) is 24.3 Å². The van der Waals surface area contributed by atoms with E-state index in [-0.39, 0.29) is 0 Å². The first-order valence-electron chi connectivity index (χ1n) is 6.55. The second-order valence-corrected chi connectivity index (χ2v) is 5.12. The molecule has 0 aromatic heterocycles. The Morgan fingerprint density at radius 2 is 2.06 bits per heavy atom. The van der Waals surface area contributed by atoms with Gasteiger partial charge in [-0.1, -0.05) is 37.6 Å². The topological polar surface area (TPSA) is 12.0 Å². The van der Waals surface area contributed by atoms with Gasteiger partial charge in [0.1, 0.15) is 0 Å². The van der Waals surface area contributed by atoms with Gasteiger partial charge in [0.2, 0.25) is 0 Å². The molecule has 1 aromatic carbocycles. The fraction of sp³-hybridized carbons (Fsp3) is 0.600. The van der Waals surface area contributed by atoms with Crippen LogP contribution < -0.4 is 5.32 Å². The fourth-order valence-electron chi connectivity index (χ4n) is 2.78. The van der Waals surface area contributed by atoms with Crippen LogP contribution in [0.5, 0.6) is 0 Å². The summed E-state index contributed by atoms with van der Waals surface area (Å²) in [5.41, 5.74) is 3.31. The first kappa shape index (κ1) is 11.7. The van der Waals surface area contributed by atoms with Crippen LogP contribution in [0.3, 0.4) is 0 Å². The number of nitrogens with one attached hydrogen (secondary N) is 1. The molecular weight excluding hydrogens is 194 g/mol. The van der Waals surface area contributed by atoms with Crippen LogP contribution >= 0.6 is 0 Å². The first-order valence-corrected chi connectivity index (χ1v) is 6.55. The summed E-state index contributed by atoms with van der Waals surface area (Å²) in [6.45, 7) is 5.73. The molecule has 0 radical (unpaired) electrons. The van der Waals surface area contributed by atoms with Crippen molar-refractivity contribution in [1.82, 2.24) is 5.32 Å². The van der Waals surface area contributed by atoms with E-state index < -0.39 is 0 Å². The molecule has 0 amide bonds. The smallest absolute Gasteiger partial charge is 0.0219 e. The second kappa shape index (κ2) is 5.01. The average molecular weight is 217 g/mol. The van der Waals surface area contributed by atoms with E-state index in [1.807, 2.05) is 0 Å². The van der Waals surface area contributed by atoms with Crippen LogP contribution in [0.4, 0.5) is 0 Å². The average Bonchev–Trinajstić information content (AvgIpc) is 2.33. The van der Waals surface area contributed by atoms with E-state index in [1.54, 1.807) is 0 Å². The number of piperidine rings is 1.